The minimum Gasteiger partial charge on any atom is -0.467 e. The first-order valence-electron chi connectivity index (χ1n) is 7.24. The van der Waals surface area contributed by atoms with E-state index in [1.807, 2.05) is 18.2 Å². The van der Waals surface area contributed by atoms with E-state index in [-0.39, 0.29) is 17.9 Å². The van der Waals surface area contributed by atoms with Crippen LogP contribution in [0.15, 0.2) is 30.3 Å². The van der Waals surface area contributed by atoms with Gasteiger partial charge in [-0.15, -0.1) is 0 Å². The summed E-state index contributed by atoms with van der Waals surface area (Å²) >= 11 is 0. The monoisotopic (exact) mass is 290 g/mol. The molecule has 1 aromatic rings. The van der Waals surface area contributed by atoms with E-state index < -0.39 is 6.04 Å². The summed E-state index contributed by atoms with van der Waals surface area (Å²) in [7, 11) is 1.36. The molecule has 1 N–H and O–H groups in total. The lowest BCUT2D eigenvalue weighted by Gasteiger charge is -2.37. The number of ether oxygens (including phenoxy) is 1. The number of hydrogen-bond donors (Lipinski definition) is 1. The van der Waals surface area contributed by atoms with E-state index in [1.54, 1.807) is 4.90 Å². The predicted molar refractivity (Wildman–Crippen MR) is 79.5 cm³/mol. The van der Waals surface area contributed by atoms with E-state index in [0.717, 1.165) is 13.0 Å². The lowest BCUT2D eigenvalue weighted by Crippen LogP contribution is -2.55. The van der Waals surface area contributed by atoms with E-state index in [0.29, 0.717) is 13.0 Å². The number of likely N-dealkylation sites (tertiary alicyclic amines) is 1. The van der Waals surface area contributed by atoms with Crippen molar-refractivity contribution < 1.29 is 14.3 Å². The van der Waals surface area contributed by atoms with Crippen molar-refractivity contribution in [3.63, 3.8) is 0 Å². The summed E-state index contributed by atoms with van der Waals surface area (Å²) in [4.78, 5) is 25.1. The Morgan fingerprint density at radius 3 is 2.62 bits per heavy atom. The number of carbonyl (C=O) groups is 2. The number of benzene rings is 1. The van der Waals surface area contributed by atoms with Crippen LogP contribution in [0.4, 0.5) is 0 Å². The molecule has 5 nitrogen and oxygen atoms in total. The maximum atomic E-state index is 11.7. The number of amides is 1. The summed E-state index contributed by atoms with van der Waals surface area (Å²) in [6.45, 7) is 2.80. The molecule has 1 amide bonds. The highest BCUT2D eigenvalue weighted by Crippen LogP contribution is 2.19. The molecule has 2 rings (SSSR count). The Hall–Kier alpha value is -1.88. The van der Waals surface area contributed by atoms with Gasteiger partial charge in [0.25, 0.3) is 0 Å². The second-order valence-electron chi connectivity index (χ2n) is 5.35. The van der Waals surface area contributed by atoms with Crippen LogP contribution in [0.5, 0.6) is 0 Å². The topological polar surface area (TPSA) is 58.6 Å². The molecule has 1 heterocycles. The van der Waals surface area contributed by atoms with Gasteiger partial charge in [-0.2, -0.15) is 0 Å². The zero-order valence-corrected chi connectivity index (χ0v) is 12.5. The fraction of sp³-hybridized carbons (Fsp3) is 0.500. The maximum absolute atomic E-state index is 11.7. The van der Waals surface area contributed by atoms with Gasteiger partial charge in [-0.05, 0) is 18.4 Å². The molecule has 0 saturated carbocycles. The first-order valence-corrected chi connectivity index (χ1v) is 7.24. The van der Waals surface area contributed by atoms with E-state index in [9.17, 15) is 9.59 Å². The van der Waals surface area contributed by atoms with Crippen molar-refractivity contribution in [2.75, 3.05) is 13.7 Å². The molecular formula is C16H22N2O3. The molecule has 2 atom stereocenters. The van der Waals surface area contributed by atoms with Crippen LogP contribution in [0, 0.1) is 0 Å². The van der Waals surface area contributed by atoms with Crippen molar-refractivity contribution in [1.29, 1.82) is 0 Å². The molecule has 0 radical (unpaired) electrons. The molecule has 5 heteroatoms. The van der Waals surface area contributed by atoms with Gasteiger partial charge in [-0.3, -0.25) is 4.79 Å². The molecule has 0 aromatic heterocycles. The molecule has 1 fully saturated rings. The van der Waals surface area contributed by atoms with E-state index in [2.05, 4.69) is 17.4 Å². The Balaban J connectivity index is 1.93. The Bertz CT molecular complexity index is 490. The fourth-order valence-electron chi connectivity index (χ4n) is 2.72. The maximum Gasteiger partial charge on any atom is 0.328 e. The Kier molecular flexibility index (Phi) is 5.33. The van der Waals surface area contributed by atoms with Crippen molar-refractivity contribution in [1.82, 2.24) is 10.2 Å². The van der Waals surface area contributed by atoms with Gasteiger partial charge in [0, 0.05) is 26.1 Å². The molecule has 1 aromatic carbocycles. The molecular weight excluding hydrogens is 268 g/mol. The lowest BCUT2D eigenvalue weighted by molar-refractivity contribution is -0.154. The summed E-state index contributed by atoms with van der Waals surface area (Å²) in [5.41, 5.74) is 1.21. The standard InChI is InChI=1S/C16H22N2O3/c1-12(19)18-11-14(8-9-15(18)16(20)21-2)17-10-13-6-4-3-5-7-13/h3-7,14-15,17H,8-11H2,1-2H3/t14-,15+/m1/s1. The second-order valence-corrected chi connectivity index (χ2v) is 5.35. The summed E-state index contributed by atoms with van der Waals surface area (Å²) in [6.07, 6.45) is 1.50. The highest BCUT2D eigenvalue weighted by molar-refractivity contribution is 5.83. The highest BCUT2D eigenvalue weighted by atomic mass is 16.5. The number of esters is 1. The number of nitrogens with zero attached hydrogens (tertiary/aromatic N) is 1. The number of methoxy groups -OCH3 is 1. The molecule has 0 aliphatic carbocycles. The molecule has 0 unspecified atom stereocenters. The average molecular weight is 290 g/mol. The summed E-state index contributed by atoms with van der Waals surface area (Å²) in [6, 6.07) is 9.89. The van der Waals surface area contributed by atoms with Crippen LogP contribution >= 0.6 is 0 Å². The normalized spacial score (nSPS) is 21.9. The molecule has 1 saturated heterocycles. The van der Waals surface area contributed by atoms with E-state index >= 15 is 0 Å². The van der Waals surface area contributed by atoms with Crippen LogP contribution in [-0.4, -0.2) is 42.5 Å². The quantitative estimate of drug-likeness (QED) is 0.850. The zero-order valence-electron chi connectivity index (χ0n) is 12.5. The Labute approximate surface area is 125 Å². The van der Waals surface area contributed by atoms with Gasteiger partial charge in [0.1, 0.15) is 6.04 Å². The lowest BCUT2D eigenvalue weighted by atomic mass is 9.98. The third kappa shape index (κ3) is 4.04. The van der Waals surface area contributed by atoms with Gasteiger partial charge in [0.2, 0.25) is 5.91 Å². The second kappa shape index (κ2) is 7.22. The van der Waals surface area contributed by atoms with Gasteiger partial charge in [0.15, 0.2) is 0 Å². The van der Waals surface area contributed by atoms with Crippen molar-refractivity contribution in [2.45, 2.75) is 38.4 Å². The third-order valence-corrected chi connectivity index (χ3v) is 3.90. The van der Waals surface area contributed by atoms with Crippen molar-refractivity contribution >= 4 is 11.9 Å². The Morgan fingerprint density at radius 1 is 1.29 bits per heavy atom. The van der Waals surface area contributed by atoms with Gasteiger partial charge < -0.3 is 15.0 Å². The van der Waals surface area contributed by atoms with E-state index in [4.69, 9.17) is 4.74 Å². The summed E-state index contributed by atoms with van der Waals surface area (Å²) < 4.78 is 4.78. The molecule has 1 aliphatic heterocycles. The highest BCUT2D eigenvalue weighted by Gasteiger charge is 2.34. The van der Waals surface area contributed by atoms with Crippen molar-refractivity contribution in [2.24, 2.45) is 0 Å². The zero-order chi connectivity index (χ0) is 15.2. The van der Waals surface area contributed by atoms with Crippen LogP contribution in [0.25, 0.3) is 0 Å². The first-order chi connectivity index (χ1) is 10.1. The SMILES string of the molecule is COC(=O)[C@@H]1CC[C@@H](NCc2ccccc2)CN1C(C)=O. The van der Waals surface area contributed by atoms with Crippen LogP contribution in [0.1, 0.15) is 25.3 Å². The third-order valence-electron chi connectivity index (χ3n) is 3.90. The van der Waals surface area contributed by atoms with Gasteiger partial charge in [-0.1, -0.05) is 30.3 Å². The summed E-state index contributed by atoms with van der Waals surface area (Å²) in [5, 5.41) is 3.45. The van der Waals surface area contributed by atoms with Gasteiger partial charge in [0.05, 0.1) is 7.11 Å². The number of nitrogens with one attached hydrogen (secondary N) is 1. The Morgan fingerprint density at radius 2 is 2.00 bits per heavy atom. The van der Waals surface area contributed by atoms with Crippen LogP contribution in [-0.2, 0) is 20.9 Å². The summed E-state index contributed by atoms with van der Waals surface area (Å²) in [5.74, 6) is -0.414. The molecule has 0 bridgehead atoms. The largest absolute Gasteiger partial charge is 0.467 e. The number of carbonyl (C=O) groups excluding carboxylic acids is 2. The van der Waals surface area contributed by atoms with Crippen molar-refractivity contribution in [3.8, 4) is 0 Å². The first kappa shape index (κ1) is 15.5. The molecule has 1 aliphatic rings. The molecule has 114 valence electrons. The van der Waals surface area contributed by atoms with Crippen molar-refractivity contribution in [3.05, 3.63) is 35.9 Å². The predicted octanol–water partition coefficient (Wildman–Crippen LogP) is 1.33. The van der Waals surface area contributed by atoms with E-state index in [1.165, 1.54) is 19.6 Å². The minimum absolute atomic E-state index is 0.0865. The van der Waals surface area contributed by atoms with Crippen LogP contribution < -0.4 is 5.32 Å². The molecule has 0 spiro atoms. The smallest absolute Gasteiger partial charge is 0.328 e. The minimum atomic E-state index is -0.442. The van der Waals surface area contributed by atoms with Gasteiger partial charge >= 0.3 is 5.97 Å². The van der Waals surface area contributed by atoms with Gasteiger partial charge in [-0.25, -0.2) is 4.79 Å². The van der Waals surface area contributed by atoms with Crippen LogP contribution in [0.2, 0.25) is 0 Å². The molecule has 21 heavy (non-hydrogen) atoms. The number of piperidine rings is 1. The average Bonchev–Trinajstić information content (AvgIpc) is 2.52. The fourth-order valence-corrected chi connectivity index (χ4v) is 2.72. The number of hydrogen-bond acceptors (Lipinski definition) is 4. The van der Waals surface area contributed by atoms with Crippen LogP contribution in [0.3, 0.4) is 0 Å². The number of rotatable bonds is 4.